The van der Waals surface area contributed by atoms with Crippen LogP contribution in [0, 0.1) is 5.92 Å². The topological polar surface area (TPSA) is 47.6 Å². The Morgan fingerprint density at radius 3 is 2.37 bits per heavy atom. The third-order valence-corrected chi connectivity index (χ3v) is 5.54. The second-order valence-corrected chi connectivity index (χ2v) is 7.57. The van der Waals surface area contributed by atoms with Crippen molar-refractivity contribution in [1.29, 1.82) is 0 Å². The minimum Gasteiger partial charge on any atom is -0.369 e. The standard InChI is InChI=1S/C20H32N4O.2ClH/c1-16(2)23-11-13-24(14-12-23)19-5-3-18(4-6-19)20(25)22-10-8-17-7-9-21-15-17;;/h3-6,16-17,21H,7-15H2,1-2H3,(H,22,25);2*1H. The van der Waals surface area contributed by atoms with Gasteiger partial charge >= 0.3 is 0 Å². The summed E-state index contributed by atoms with van der Waals surface area (Å²) in [6.45, 7) is 11.8. The lowest BCUT2D eigenvalue weighted by Crippen LogP contribution is -2.48. The molecule has 154 valence electrons. The van der Waals surface area contributed by atoms with E-state index in [-0.39, 0.29) is 30.7 Å². The van der Waals surface area contributed by atoms with Gasteiger partial charge < -0.3 is 15.5 Å². The number of carbonyl (C=O) groups excluding carboxylic acids is 1. The van der Waals surface area contributed by atoms with Crippen LogP contribution in [0.4, 0.5) is 5.69 Å². The molecule has 2 aliphatic rings. The van der Waals surface area contributed by atoms with Crippen molar-refractivity contribution in [3.63, 3.8) is 0 Å². The second-order valence-electron chi connectivity index (χ2n) is 7.57. The molecular formula is C20H34Cl2N4O. The predicted octanol–water partition coefficient (Wildman–Crippen LogP) is 2.79. The number of nitrogens with zero attached hydrogens (tertiary/aromatic N) is 2. The first kappa shape index (κ1) is 24.0. The maximum Gasteiger partial charge on any atom is 0.251 e. The van der Waals surface area contributed by atoms with Gasteiger partial charge in [0, 0.05) is 50.0 Å². The molecule has 0 aromatic heterocycles. The van der Waals surface area contributed by atoms with Gasteiger partial charge in [0.05, 0.1) is 0 Å². The summed E-state index contributed by atoms with van der Waals surface area (Å²) >= 11 is 0. The van der Waals surface area contributed by atoms with Crippen LogP contribution in [0.3, 0.4) is 0 Å². The van der Waals surface area contributed by atoms with E-state index in [1.54, 1.807) is 0 Å². The molecule has 0 radical (unpaired) electrons. The summed E-state index contributed by atoms with van der Waals surface area (Å²) in [4.78, 5) is 17.2. The first-order valence-electron chi connectivity index (χ1n) is 9.71. The quantitative estimate of drug-likeness (QED) is 0.748. The molecule has 1 aromatic rings. The first-order chi connectivity index (χ1) is 12.1. The van der Waals surface area contributed by atoms with E-state index in [1.807, 2.05) is 12.1 Å². The number of benzene rings is 1. The summed E-state index contributed by atoms with van der Waals surface area (Å²) in [7, 11) is 0. The van der Waals surface area contributed by atoms with Crippen molar-refractivity contribution < 1.29 is 4.79 Å². The molecule has 5 nitrogen and oxygen atoms in total. The summed E-state index contributed by atoms with van der Waals surface area (Å²) in [6, 6.07) is 8.70. The van der Waals surface area contributed by atoms with Gasteiger partial charge in [0.25, 0.3) is 5.91 Å². The molecule has 2 N–H and O–H groups in total. The molecule has 2 aliphatic heterocycles. The molecule has 1 aromatic carbocycles. The Bertz CT molecular complexity index is 554. The van der Waals surface area contributed by atoms with Gasteiger partial charge in [-0.2, -0.15) is 0 Å². The normalized spacial score (nSPS) is 20.1. The SMILES string of the molecule is CC(C)N1CCN(c2ccc(C(=O)NCCC3CCNC3)cc2)CC1.Cl.Cl. The number of piperazine rings is 1. The highest BCUT2D eigenvalue weighted by Crippen LogP contribution is 2.18. The van der Waals surface area contributed by atoms with E-state index in [0.717, 1.165) is 57.8 Å². The number of rotatable bonds is 6. The largest absolute Gasteiger partial charge is 0.369 e. The van der Waals surface area contributed by atoms with Gasteiger partial charge in [0.15, 0.2) is 0 Å². The molecule has 7 heteroatoms. The van der Waals surface area contributed by atoms with Gasteiger partial charge in [0.1, 0.15) is 0 Å². The van der Waals surface area contributed by atoms with E-state index < -0.39 is 0 Å². The maximum absolute atomic E-state index is 12.3. The van der Waals surface area contributed by atoms with E-state index in [2.05, 4.69) is 46.4 Å². The van der Waals surface area contributed by atoms with E-state index in [9.17, 15) is 4.79 Å². The number of anilines is 1. The summed E-state index contributed by atoms with van der Waals surface area (Å²) in [6.07, 6.45) is 2.30. The van der Waals surface area contributed by atoms with Crippen LogP contribution in [0.1, 0.15) is 37.0 Å². The fourth-order valence-electron chi connectivity index (χ4n) is 3.77. The van der Waals surface area contributed by atoms with Gasteiger partial charge in [-0.25, -0.2) is 0 Å². The van der Waals surface area contributed by atoms with Crippen molar-refractivity contribution in [1.82, 2.24) is 15.5 Å². The van der Waals surface area contributed by atoms with Crippen LogP contribution >= 0.6 is 24.8 Å². The van der Waals surface area contributed by atoms with E-state index in [4.69, 9.17) is 0 Å². The lowest BCUT2D eigenvalue weighted by molar-refractivity contribution is 0.0951. The lowest BCUT2D eigenvalue weighted by atomic mass is 10.1. The van der Waals surface area contributed by atoms with Crippen LogP contribution in [-0.4, -0.2) is 62.7 Å². The number of halogens is 2. The average Bonchev–Trinajstić information content (AvgIpc) is 3.15. The van der Waals surface area contributed by atoms with Crippen LogP contribution in [0.25, 0.3) is 0 Å². The minimum absolute atomic E-state index is 0. The molecular weight excluding hydrogens is 383 g/mol. The van der Waals surface area contributed by atoms with Crippen LogP contribution in [0.5, 0.6) is 0 Å². The highest BCUT2D eigenvalue weighted by Gasteiger charge is 2.19. The zero-order chi connectivity index (χ0) is 17.6. The van der Waals surface area contributed by atoms with Crippen molar-refractivity contribution in [2.24, 2.45) is 5.92 Å². The highest BCUT2D eigenvalue weighted by molar-refractivity contribution is 5.94. The smallest absolute Gasteiger partial charge is 0.251 e. The monoisotopic (exact) mass is 416 g/mol. The third kappa shape index (κ3) is 6.83. The predicted molar refractivity (Wildman–Crippen MR) is 118 cm³/mol. The van der Waals surface area contributed by atoms with Gasteiger partial charge in [-0.15, -0.1) is 24.8 Å². The first-order valence-corrected chi connectivity index (χ1v) is 9.71. The zero-order valence-electron chi connectivity index (χ0n) is 16.4. The molecule has 3 rings (SSSR count). The number of nitrogens with one attached hydrogen (secondary N) is 2. The highest BCUT2D eigenvalue weighted by atomic mass is 35.5. The van der Waals surface area contributed by atoms with Crippen molar-refractivity contribution in [3.8, 4) is 0 Å². The fraction of sp³-hybridized carbons (Fsp3) is 0.650. The molecule has 0 spiro atoms. The molecule has 1 unspecified atom stereocenters. The van der Waals surface area contributed by atoms with Crippen LogP contribution in [0.15, 0.2) is 24.3 Å². The molecule has 27 heavy (non-hydrogen) atoms. The van der Waals surface area contributed by atoms with Crippen molar-refractivity contribution in [2.75, 3.05) is 50.7 Å². The molecule has 1 amide bonds. The van der Waals surface area contributed by atoms with Crippen LogP contribution < -0.4 is 15.5 Å². The Morgan fingerprint density at radius 2 is 1.81 bits per heavy atom. The van der Waals surface area contributed by atoms with E-state index in [1.165, 1.54) is 12.1 Å². The molecule has 1 atom stereocenters. The number of hydrogen-bond donors (Lipinski definition) is 2. The summed E-state index contributed by atoms with van der Waals surface area (Å²) in [5.41, 5.74) is 1.98. The lowest BCUT2D eigenvalue weighted by Gasteiger charge is -2.38. The molecule has 2 saturated heterocycles. The van der Waals surface area contributed by atoms with Crippen LogP contribution in [0.2, 0.25) is 0 Å². The third-order valence-electron chi connectivity index (χ3n) is 5.54. The molecule has 0 saturated carbocycles. The minimum atomic E-state index is 0. The Hall–Kier alpha value is -1.01. The molecule has 0 bridgehead atoms. The zero-order valence-corrected chi connectivity index (χ0v) is 18.1. The second kappa shape index (κ2) is 11.7. The summed E-state index contributed by atoms with van der Waals surface area (Å²) in [5, 5.41) is 6.42. The Kier molecular flexibility index (Phi) is 10.5. The average molecular weight is 417 g/mol. The molecule has 2 heterocycles. The Balaban J connectivity index is 0.00000182. The van der Waals surface area contributed by atoms with Crippen LogP contribution in [-0.2, 0) is 0 Å². The van der Waals surface area contributed by atoms with Gasteiger partial charge in [-0.1, -0.05) is 0 Å². The fourth-order valence-corrected chi connectivity index (χ4v) is 3.77. The van der Waals surface area contributed by atoms with Crippen molar-refractivity contribution >= 4 is 36.4 Å². The van der Waals surface area contributed by atoms with Gasteiger partial charge in [-0.05, 0) is 70.0 Å². The summed E-state index contributed by atoms with van der Waals surface area (Å²) in [5.74, 6) is 0.759. The number of carbonyl (C=O) groups is 1. The van der Waals surface area contributed by atoms with E-state index >= 15 is 0 Å². The van der Waals surface area contributed by atoms with Gasteiger partial charge in [0.2, 0.25) is 0 Å². The Labute approximate surface area is 176 Å². The van der Waals surface area contributed by atoms with Crippen molar-refractivity contribution in [2.45, 2.75) is 32.7 Å². The summed E-state index contributed by atoms with van der Waals surface area (Å²) < 4.78 is 0. The Morgan fingerprint density at radius 1 is 1.15 bits per heavy atom. The van der Waals surface area contributed by atoms with E-state index in [0.29, 0.717) is 12.0 Å². The van der Waals surface area contributed by atoms with Gasteiger partial charge in [-0.3, -0.25) is 9.69 Å². The number of amides is 1. The number of hydrogen-bond acceptors (Lipinski definition) is 4. The molecule has 2 fully saturated rings. The van der Waals surface area contributed by atoms with Crippen molar-refractivity contribution in [3.05, 3.63) is 29.8 Å². The maximum atomic E-state index is 12.3. The molecule has 0 aliphatic carbocycles.